The van der Waals surface area contributed by atoms with E-state index in [1.54, 1.807) is 18.2 Å². The van der Waals surface area contributed by atoms with E-state index in [4.69, 9.17) is 28.9 Å². The minimum absolute atomic E-state index is 0.0353. The van der Waals surface area contributed by atoms with Gasteiger partial charge in [-0.15, -0.1) is 0 Å². The highest BCUT2D eigenvalue weighted by molar-refractivity contribution is 8.18. The van der Waals surface area contributed by atoms with Gasteiger partial charge >= 0.3 is 6.03 Å². The Labute approximate surface area is 208 Å². The van der Waals surface area contributed by atoms with Gasteiger partial charge in [-0.3, -0.25) is 19.3 Å². The van der Waals surface area contributed by atoms with Gasteiger partial charge in [0.25, 0.3) is 11.1 Å². The van der Waals surface area contributed by atoms with E-state index in [1.807, 2.05) is 0 Å². The lowest BCUT2D eigenvalue weighted by molar-refractivity contribution is -0.124. The molecule has 0 aromatic heterocycles. The van der Waals surface area contributed by atoms with Gasteiger partial charge in [-0.2, -0.15) is 0 Å². The Morgan fingerprint density at radius 1 is 1.18 bits per heavy atom. The van der Waals surface area contributed by atoms with E-state index in [-0.39, 0.29) is 30.0 Å². The zero-order valence-electron chi connectivity index (χ0n) is 17.5. The summed E-state index contributed by atoms with van der Waals surface area (Å²) < 4.78 is 14.1. The number of nitrogens with zero attached hydrogens (tertiary/aromatic N) is 1. The highest BCUT2D eigenvalue weighted by Gasteiger charge is 2.34. The summed E-state index contributed by atoms with van der Waals surface area (Å²) >= 11 is 12.7. The van der Waals surface area contributed by atoms with Gasteiger partial charge in [-0.05, 0) is 41.6 Å². The Hall–Kier alpha value is -3.08. The Morgan fingerprint density at radius 3 is 2.59 bits per heavy atom. The summed E-state index contributed by atoms with van der Waals surface area (Å²) in [6, 6.07) is 8.55. The molecule has 12 heteroatoms. The average molecular weight is 525 g/mol. The van der Waals surface area contributed by atoms with Crippen molar-refractivity contribution in [1.82, 2.24) is 15.5 Å². The molecule has 3 rings (SSSR count). The second-order valence-electron chi connectivity index (χ2n) is 7.14. The smallest absolute Gasteiger partial charge is 0.312 e. The Balaban J connectivity index is 1.58. The molecule has 1 fully saturated rings. The van der Waals surface area contributed by atoms with E-state index in [9.17, 15) is 23.6 Å². The fraction of sp³-hybridized carbons (Fsp3) is 0.182. The number of halogens is 3. The largest absolute Gasteiger partial charge is 0.354 e. The molecule has 5 amide bonds. The molecule has 0 aliphatic carbocycles. The van der Waals surface area contributed by atoms with Crippen LogP contribution >= 0.6 is 35.0 Å². The molecule has 1 unspecified atom stereocenters. The van der Waals surface area contributed by atoms with Gasteiger partial charge in [0.1, 0.15) is 5.82 Å². The number of rotatable bonds is 8. The number of carbonyl (C=O) groups is 4. The van der Waals surface area contributed by atoms with Crippen molar-refractivity contribution in [2.45, 2.75) is 12.5 Å². The third kappa shape index (κ3) is 6.49. The van der Waals surface area contributed by atoms with E-state index in [1.165, 1.54) is 30.3 Å². The SMILES string of the molecule is NC(=O)NC(CC(=O)NCCN1C(=O)S/C(=C\c2ccc(Cl)cc2Cl)C1=O)c1ccccc1F. The lowest BCUT2D eigenvalue weighted by Gasteiger charge is -2.19. The summed E-state index contributed by atoms with van der Waals surface area (Å²) in [4.78, 5) is 49.7. The normalized spacial score (nSPS) is 15.5. The van der Waals surface area contributed by atoms with Crippen LogP contribution in [0, 0.1) is 5.82 Å². The van der Waals surface area contributed by atoms with Gasteiger partial charge in [-0.25, -0.2) is 9.18 Å². The molecule has 0 spiro atoms. The molecule has 1 atom stereocenters. The van der Waals surface area contributed by atoms with Crippen LogP contribution in [0.5, 0.6) is 0 Å². The van der Waals surface area contributed by atoms with Gasteiger partial charge < -0.3 is 16.4 Å². The van der Waals surface area contributed by atoms with Gasteiger partial charge in [0, 0.05) is 28.7 Å². The van der Waals surface area contributed by atoms with E-state index < -0.39 is 34.9 Å². The molecule has 2 aromatic rings. The standard InChI is InChI=1S/C22H19Cl2FN4O4S/c23-13-6-5-12(15(24)10-13)9-18-20(31)29(22(33)34-18)8-7-27-19(30)11-17(28-21(26)32)14-3-1-2-4-16(14)25/h1-6,9-10,17H,7-8,11H2,(H,27,30)(H3,26,28,32)/b18-9-. The monoisotopic (exact) mass is 524 g/mol. The molecule has 34 heavy (non-hydrogen) atoms. The number of urea groups is 1. The van der Waals surface area contributed by atoms with Crippen molar-refractivity contribution in [3.05, 3.63) is 74.4 Å². The number of thioether (sulfide) groups is 1. The molecular formula is C22H19Cl2FN4O4S. The number of carbonyl (C=O) groups excluding carboxylic acids is 4. The van der Waals surface area contributed by atoms with Crippen molar-refractivity contribution >= 4 is 64.1 Å². The Kier molecular flexibility index (Phi) is 8.54. The van der Waals surface area contributed by atoms with Gasteiger partial charge in [0.15, 0.2) is 0 Å². The van der Waals surface area contributed by atoms with Gasteiger partial charge in [0.2, 0.25) is 5.91 Å². The highest BCUT2D eigenvalue weighted by Crippen LogP contribution is 2.33. The number of hydrogen-bond acceptors (Lipinski definition) is 5. The maximum Gasteiger partial charge on any atom is 0.312 e. The summed E-state index contributed by atoms with van der Waals surface area (Å²) in [6.07, 6.45) is 1.21. The van der Waals surface area contributed by atoms with Crippen LogP contribution in [0.1, 0.15) is 23.6 Å². The van der Waals surface area contributed by atoms with E-state index in [2.05, 4.69) is 10.6 Å². The van der Waals surface area contributed by atoms with Gasteiger partial charge in [0.05, 0.1) is 17.4 Å². The van der Waals surface area contributed by atoms with Crippen molar-refractivity contribution in [2.75, 3.05) is 13.1 Å². The first-order valence-electron chi connectivity index (χ1n) is 9.93. The second-order valence-corrected chi connectivity index (χ2v) is 8.97. The number of amides is 5. The van der Waals surface area contributed by atoms with Gasteiger partial charge in [-0.1, -0.05) is 47.5 Å². The number of nitrogens with one attached hydrogen (secondary N) is 2. The fourth-order valence-corrected chi connectivity index (χ4v) is 4.50. The molecule has 178 valence electrons. The number of hydrogen-bond donors (Lipinski definition) is 3. The average Bonchev–Trinajstić information content (AvgIpc) is 3.02. The van der Waals surface area contributed by atoms with Crippen LogP contribution in [0.3, 0.4) is 0 Å². The highest BCUT2D eigenvalue weighted by atomic mass is 35.5. The first kappa shape index (κ1) is 25.5. The molecule has 1 aliphatic rings. The maximum absolute atomic E-state index is 14.1. The molecule has 4 N–H and O–H groups in total. The molecule has 0 radical (unpaired) electrons. The molecular weight excluding hydrogens is 506 g/mol. The molecule has 0 bridgehead atoms. The topological polar surface area (TPSA) is 122 Å². The second kappa shape index (κ2) is 11.4. The zero-order chi connectivity index (χ0) is 24.8. The van der Waals surface area contributed by atoms with E-state index in [0.717, 1.165) is 16.7 Å². The summed E-state index contributed by atoms with van der Waals surface area (Å²) in [5.74, 6) is -1.65. The van der Waals surface area contributed by atoms with Crippen molar-refractivity contribution in [3.63, 3.8) is 0 Å². The van der Waals surface area contributed by atoms with Crippen molar-refractivity contribution in [3.8, 4) is 0 Å². The Bertz CT molecular complexity index is 1180. The van der Waals surface area contributed by atoms with E-state index >= 15 is 0 Å². The van der Waals surface area contributed by atoms with Crippen LogP contribution in [0.15, 0.2) is 47.4 Å². The third-order valence-electron chi connectivity index (χ3n) is 4.77. The maximum atomic E-state index is 14.1. The van der Waals surface area contributed by atoms with E-state index in [0.29, 0.717) is 15.6 Å². The summed E-state index contributed by atoms with van der Waals surface area (Å²) in [7, 11) is 0. The number of imide groups is 1. The summed E-state index contributed by atoms with van der Waals surface area (Å²) in [6.45, 7) is -0.109. The minimum Gasteiger partial charge on any atom is -0.354 e. The predicted molar refractivity (Wildman–Crippen MR) is 129 cm³/mol. The third-order valence-corrected chi connectivity index (χ3v) is 6.24. The minimum atomic E-state index is -0.983. The Morgan fingerprint density at radius 2 is 1.91 bits per heavy atom. The number of primary amides is 1. The lowest BCUT2D eigenvalue weighted by atomic mass is 10.0. The first-order valence-corrected chi connectivity index (χ1v) is 11.5. The van der Waals surface area contributed by atoms with Crippen LogP contribution in [0.2, 0.25) is 10.0 Å². The van der Waals surface area contributed by atoms with Crippen LogP contribution in [0.4, 0.5) is 14.0 Å². The summed E-state index contributed by atoms with van der Waals surface area (Å²) in [5.41, 5.74) is 5.78. The van der Waals surface area contributed by atoms with Crippen molar-refractivity contribution in [2.24, 2.45) is 5.73 Å². The molecule has 1 heterocycles. The summed E-state index contributed by atoms with van der Waals surface area (Å²) in [5, 5.41) is 5.18. The van der Waals surface area contributed by atoms with Crippen LogP contribution < -0.4 is 16.4 Å². The molecule has 1 aliphatic heterocycles. The van der Waals surface area contributed by atoms with Crippen LogP contribution in [-0.4, -0.2) is 41.1 Å². The molecule has 8 nitrogen and oxygen atoms in total. The fourth-order valence-electron chi connectivity index (χ4n) is 3.19. The van der Waals surface area contributed by atoms with Crippen molar-refractivity contribution in [1.29, 1.82) is 0 Å². The first-order chi connectivity index (χ1) is 16.2. The predicted octanol–water partition coefficient (Wildman–Crippen LogP) is 4.08. The number of benzene rings is 2. The molecule has 0 saturated carbocycles. The number of nitrogens with two attached hydrogens (primary N) is 1. The molecule has 1 saturated heterocycles. The zero-order valence-corrected chi connectivity index (χ0v) is 19.8. The van der Waals surface area contributed by atoms with Crippen LogP contribution in [-0.2, 0) is 9.59 Å². The quantitative estimate of drug-likeness (QED) is 0.449. The van der Waals surface area contributed by atoms with Crippen LogP contribution in [0.25, 0.3) is 6.08 Å². The lowest BCUT2D eigenvalue weighted by Crippen LogP contribution is -2.40. The molecule has 2 aromatic carbocycles. The van der Waals surface area contributed by atoms with Crippen molar-refractivity contribution < 1.29 is 23.6 Å².